The molecule has 1 N–H and O–H groups in total. The Bertz CT molecular complexity index is 433. The van der Waals surface area contributed by atoms with Crippen molar-refractivity contribution in [3.05, 3.63) is 35.9 Å². The maximum absolute atomic E-state index is 5.85. The number of hydroxylamine groups is 2. The van der Waals surface area contributed by atoms with Crippen molar-refractivity contribution in [2.75, 3.05) is 19.6 Å². The summed E-state index contributed by atoms with van der Waals surface area (Å²) in [6.45, 7) is 8.88. The van der Waals surface area contributed by atoms with E-state index in [9.17, 15) is 0 Å². The average Bonchev–Trinajstić information content (AvgIpc) is 2.90. The Morgan fingerprint density at radius 2 is 2.00 bits per heavy atom. The Kier molecular flexibility index (Phi) is 5.56. The van der Waals surface area contributed by atoms with Crippen molar-refractivity contribution in [1.29, 1.82) is 0 Å². The van der Waals surface area contributed by atoms with Crippen molar-refractivity contribution >= 4 is 5.90 Å². The fourth-order valence-corrected chi connectivity index (χ4v) is 2.60. The van der Waals surface area contributed by atoms with Crippen LogP contribution >= 0.6 is 0 Å². The number of hydrogen-bond donors (Lipinski definition) is 1. The second-order valence-corrected chi connectivity index (χ2v) is 4.97. The molecule has 0 aromatic heterocycles. The normalized spacial score (nSPS) is 20.6. The van der Waals surface area contributed by atoms with Crippen molar-refractivity contribution in [3.8, 4) is 0 Å². The monoisotopic (exact) mass is 275 g/mol. The van der Waals surface area contributed by atoms with Crippen LogP contribution in [0.1, 0.15) is 38.7 Å². The minimum atomic E-state index is 0.0843. The van der Waals surface area contributed by atoms with E-state index in [0.717, 1.165) is 25.4 Å². The molecule has 0 amide bonds. The Morgan fingerprint density at radius 3 is 2.60 bits per heavy atom. The van der Waals surface area contributed by atoms with Crippen LogP contribution in [0, 0.1) is 0 Å². The minimum absolute atomic E-state index is 0.0843. The standard InChI is InChI=1S/C16H25N3O/c1-4-14(13-10-8-7-9-11-13)16-18-15(12-17-5-2)20-19(16)6-3/h7-11,14,16-17H,4-6,12H2,1-3H3/t14-,16+/m1/s1. The number of benzene rings is 1. The van der Waals surface area contributed by atoms with E-state index in [4.69, 9.17) is 9.83 Å². The molecule has 0 spiro atoms. The van der Waals surface area contributed by atoms with Crippen LogP contribution < -0.4 is 5.32 Å². The summed E-state index contributed by atoms with van der Waals surface area (Å²) in [4.78, 5) is 10.6. The first-order valence-electron chi connectivity index (χ1n) is 7.57. The zero-order valence-electron chi connectivity index (χ0n) is 12.7. The molecule has 1 aromatic carbocycles. The number of hydrogen-bond acceptors (Lipinski definition) is 4. The van der Waals surface area contributed by atoms with Gasteiger partial charge < -0.3 is 10.2 Å². The lowest BCUT2D eigenvalue weighted by atomic mass is 9.93. The van der Waals surface area contributed by atoms with Gasteiger partial charge in [0.05, 0.1) is 6.54 Å². The molecule has 0 unspecified atom stereocenters. The van der Waals surface area contributed by atoms with Gasteiger partial charge in [-0.15, -0.1) is 5.06 Å². The highest BCUT2D eigenvalue weighted by Crippen LogP contribution is 2.30. The highest BCUT2D eigenvalue weighted by atomic mass is 16.7. The third-order valence-electron chi connectivity index (χ3n) is 3.66. The SMILES string of the molecule is CCNCC1=N[C@H]([C@H](CC)c2ccccc2)N(CC)O1. The molecule has 0 fully saturated rings. The smallest absolute Gasteiger partial charge is 0.225 e. The number of rotatable bonds is 7. The zero-order valence-corrected chi connectivity index (χ0v) is 12.7. The highest BCUT2D eigenvalue weighted by molar-refractivity contribution is 5.79. The molecule has 0 saturated heterocycles. The lowest BCUT2D eigenvalue weighted by molar-refractivity contribution is -0.0869. The van der Waals surface area contributed by atoms with E-state index in [1.807, 2.05) is 5.06 Å². The van der Waals surface area contributed by atoms with E-state index in [2.05, 4.69) is 56.4 Å². The van der Waals surface area contributed by atoms with Crippen LogP contribution in [0.5, 0.6) is 0 Å². The van der Waals surface area contributed by atoms with Crippen molar-refractivity contribution in [2.45, 2.75) is 39.3 Å². The van der Waals surface area contributed by atoms with Gasteiger partial charge in [-0.05, 0) is 25.5 Å². The van der Waals surface area contributed by atoms with Crippen molar-refractivity contribution in [3.63, 3.8) is 0 Å². The molecule has 1 aromatic rings. The Morgan fingerprint density at radius 1 is 1.25 bits per heavy atom. The molecule has 0 saturated carbocycles. The second kappa shape index (κ2) is 7.41. The number of aliphatic imine (C=N–C) groups is 1. The molecule has 1 aliphatic rings. The van der Waals surface area contributed by atoms with Gasteiger partial charge in [-0.2, -0.15) is 0 Å². The van der Waals surface area contributed by atoms with E-state index < -0.39 is 0 Å². The molecule has 1 aliphatic heterocycles. The van der Waals surface area contributed by atoms with Crippen LogP contribution in [0.4, 0.5) is 0 Å². The predicted octanol–water partition coefficient (Wildman–Crippen LogP) is 2.78. The van der Waals surface area contributed by atoms with Gasteiger partial charge in [0.1, 0.15) is 6.17 Å². The highest BCUT2D eigenvalue weighted by Gasteiger charge is 2.33. The first kappa shape index (κ1) is 15.0. The van der Waals surface area contributed by atoms with E-state index in [0.29, 0.717) is 12.5 Å². The summed E-state index contributed by atoms with van der Waals surface area (Å²) in [5.41, 5.74) is 1.33. The topological polar surface area (TPSA) is 36.9 Å². The minimum Gasteiger partial charge on any atom is -0.387 e. The van der Waals surface area contributed by atoms with Gasteiger partial charge in [-0.25, -0.2) is 4.99 Å². The first-order chi connectivity index (χ1) is 9.80. The van der Waals surface area contributed by atoms with Crippen molar-refractivity contribution in [1.82, 2.24) is 10.4 Å². The molecule has 110 valence electrons. The summed E-state index contributed by atoms with van der Waals surface area (Å²) < 4.78 is 0. The van der Waals surface area contributed by atoms with Crippen LogP contribution in [-0.4, -0.2) is 36.8 Å². The Hall–Kier alpha value is -1.39. The molecule has 20 heavy (non-hydrogen) atoms. The van der Waals surface area contributed by atoms with Gasteiger partial charge in [0.15, 0.2) is 0 Å². The molecule has 0 bridgehead atoms. The zero-order chi connectivity index (χ0) is 14.4. The fraction of sp³-hybridized carbons (Fsp3) is 0.562. The lowest BCUT2D eigenvalue weighted by Crippen LogP contribution is -2.34. The summed E-state index contributed by atoms with van der Waals surface area (Å²) in [5.74, 6) is 1.17. The number of nitrogens with one attached hydrogen (secondary N) is 1. The summed E-state index contributed by atoms with van der Waals surface area (Å²) >= 11 is 0. The van der Waals surface area contributed by atoms with Crippen LogP contribution in [0.3, 0.4) is 0 Å². The number of likely N-dealkylation sites (N-methyl/N-ethyl adjacent to an activating group) is 2. The van der Waals surface area contributed by atoms with Crippen molar-refractivity contribution < 1.29 is 4.84 Å². The Balaban J connectivity index is 2.16. The second-order valence-electron chi connectivity index (χ2n) is 4.97. The molecule has 4 heteroatoms. The van der Waals surface area contributed by atoms with Gasteiger partial charge in [0, 0.05) is 12.5 Å². The van der Waals surface area contributed by atoms with Crippen molar-refractivity contribution in [2.24, 2.45) is 4.99 Å². The van der Waals surface area contributed by atoms with Gasteiger partial charge in [-0.3, -0.25) is 0 Å². The lowest BCUT2D eigenvalue weighted by Gasteiger charge is -2.26. The third kappa shape index (κ3) is 3.38. The molecular weight excluding hydrogens is 250 g/mol. The summed E-state index contributed by atoms with van der Waals surface area (Å²) in [6, 6.07) is 10.6. The number of nitrogens with zero attached hydrogens (tertiary/aromatic N) is 2. The van der Waals surface area contributed by atoms with E-state index in [1.165, 1.54) is 5.56 Å². The molecular formula is C16H25N3O. The van der Waals surface area contributed by atoms with Gasteiger partial charge in [0.25, 0.3) is 0 Å². The molecule has 2 rings (SSSR count). The third-order valence-corrected chi connectivity index (χ3v) is 3.66. The largest absolute Gasteiger partial charge is 0.387 e. The fourth-order valence-electron chi connectivity index (χ4n) is 2.60. The molecule has 0 aliphatic carbocycles. The van der Waals surface area contributed by atoms with E-state index in [-0.39, 0.29) is 6.17 Å². The van der Waals surface area contributed by atoms with Gasteiger partial charge in [0.2, 0.25) is 5.90 Å². The maximum Gasteiger partial charge on any atom is 0.225 e. The molecule has 2 atom stereocenters. The van der Waals surface area contributed by atoms with E-state index in [1.54, 1.807) is 0 Å². The Labute approximate surface area is 121 Å². The average molecular weight is 275 g/mol. The quantitative estimate of drug-likeness (QED) is 0.831. The maximum atomic E-state index is 5.85. The molecule has 0 radical (unpaired) electrons. The summed E-state index contributed by atoms with van der Waals surface area (Å²) in [6.07, 6.45) is 1.13. The predicted molar refractivity (Wildman–Crippen MR) is 82.7 cm³/mol. The summed E-state index contributed by atoms with van der Waals surface area (Å²) in [7, 11) is 0. The van der Waals surface area contributed by atoms with Crippen LogP contribution in [0.15, 0.2) is 35.3 Å². The van der Waals surface area contributed by atoms with Crippen LogP contribution in [0.25, 0.3) is 0 Å². The van der Waals surface area contributed by atoms with E-state index >= 15 is 0 Å². The first-order valence-corrected chi connectivity index (χ1v) is 7.57. The van der Waals surface area contributed by atoms with Gasteiger partial charge in [-0.1, -0.05) is 44.2 Å². The molecule has 1 heterocycles. The van der Waals surface area contributed by atoms with Gasteiger partial charge >= 0.3 is 0 Å². The van der Waals surface area contributed by atoms with Crippen LogP contribution in [0.2, 0.25) is 0 Å². The summed E-state index contributed by atoms with van der Waals surface area (Å²) in [5, 5.41) is 5.26. The van der Waals surface area contributed by atoms with Crippen LogP contribution in [-0.2, 0) is 4.84 Å². The molecule has 4 nitrogen and oxygen atoms in total.